The number of hydrogen-bond acceptors (Lipinski definition) is 4. The van der Waals surface area contributed by atoms with Gasteiger partial charge in [0.15, 0.2) is 0 Å². The standard InChI is InChI=1S/C13H17NO3S/c1-13(6-3-7-18-13)8-14-12(17)11-9(15)4-2-5-10(11)16/h2,4-5,15-16H,3,6-8H2,1H3,(H,14,17). The van der Waals surface area contributed by atoms with Crippen molar-refractivity contribution in [2.75, 3.05) is 12.3 Å². The van der Waals surface area contributed by atoms with Crippen LogP contribution in [0.2, 0.25) is 0 Å². The third-order valence-corrected chi connectivity index (χ3v) is 4.71. The molecule has 0 radical (unpaired) electrons. The highest BCUT2D eigenvalue weighted by Gasteiger charge is 2.30. The average molecular weight is 267 g/mol. The maximum Gasteiger partial charge on any atom is 0.258 e. The Morgan fingerprint density at radius 1 is 1.44 bits per heavy atom. The van der Waals surface area contributed by atoms with Crippen LogP contribution >= 0.6 is 11.8 Å². The molecule has 1 fully saturated rings. The first-order chi connectivity index (χ1) is 8.52. The molecule has 1 aromatic carbocycles. The molecule has 0 saturated carbocycles. The van der Waals surface area contributed by atoms with Crippen molar-refractivity contribution in [1.82, 2.24) is 5.32 Å². The molecule has 1 aliphatic rings. The van der Waals surface area contributed by atoms with E-state index in [-0.39, 0.29) is 21.8 Å². The number of hydrogen-bond donors (Lipinski definition) is 3. The van der Waals surface area contributed by atoms with E-state index in [9.17, 15) is 15.0 Å². The number of thioether (sulfide) groups is 1. The molecule has 0 bridgehead atoms. The van der Waals surface area contributed by atoms with Crippen molar-refractivity contribution in [3.05, 3.63) is 23.8 Å². The monoisotopic (exact) mass is 267 g/mol. The fourth-order valence-corrected chi connectivity index (χ4v) is 3.34. The van der Waals surface area contributed by atoms with Gasteiger partial charge in [0.1, 0.15) is 17.1 Å². The molecule has 0 aromatic heterocycles. The van der Waals surface area contributed by atoms with Gasteiger partial charge in [-0.25, -0.2) is 0 Å². The van der Waals surface area contributed by atoms with Crippen molar-refractivity contribution in [1.29, 1.82) is 0 Å². The summed E-state index contributed by atoms with van der Waals surface area (Å²) in [6.07, 6.45) is 2.24. The van der Waals surface area contributed by atoms with Crippen molar-refractivity contribution in [3.8, 4) is 11.5 Å². The number of carbonyl (C=O) groups excluding carboxylic acids is 1. The molecular formula is C13H17NO3S. The van der Waals surface area contributed by atoms with Crippen LogP contribution in [0.25, 0.3) is 0 Å². The second-order valence-electron chi connectivity index (χ2n) is 4.76. The molecule has 1 saturated heterocycles. The molecule has 98 valence electrons. The van der Waals surface area contributed by atoms with E-state index in [1.807, 2.05) is 11.8 Å². The number of amides is 1. The van der Waals surface area contributed by atoms with Crippen molar-refractivity contribution < 1.29 is 15.0 Å². The topological polar surface area (TPSA) is 69.6 Å². The number of benzene rings is 1. The Bertz CT molecular complexity index is 435. The summed E-state index contributed by atoms with van der Waals surface area (Å²) in [5.74, 6) is 0.293. The number of aromatic hydroxyl groups is 2. The number of carbonyl (C=O) groups is 1. The molecule has 0 spiro atoms. The molecule has 1 aliphatic heterocycles. The Balaban J connectivity index is 2.04. The average Bonchev–Trinajstić information content (AvgIpc) is 2.74. The molecular weight excluding hydrogens is 250 g/mol. The first-order valence-electron chi connectivity index (χ1n) is 5.95. The zero-order valence-corrected chi connectivity index (χ0v) is 11.1. The minimum Gasteiger partial charge on any atom is -0.507 e. The Morgan fingerprint density at radius 3 is 2.67 bits per heavy atom. The van der Waals surface area contributed by atoms with E-state index in [0.29, 0.717) is 6.54 Å². The highest BCUT2D eigenvalue weighted by molar-refractivity contribution is 8.00. The highest BCUT2D eigenvalue weighted by atomic mass is 32.2. The molecule has 5 heteroatoms. The summed E-state index contributed by atoms with van der Waals surface area (Å²) in [7, 11) is 0. The van der Waals surface area contributed by atoms with E-state index in [2.05, 4.69) is 12.2 Å². The number of phenols is 2. The lowest BCUT2D eigenvalue weighted by atomic mass is 10.1. The van der Waals surface area contributed by atoms with Crippen LogP contribution in [0.1, 0.15) is 30.1 Å². The molecule has 1 atom stereocenters. The van der Waals surface area contributed by atoms with Crippen LogP contribution in [0.4, 0.5) is 0 Å². The maximum absolute atomic E-state index is 11.9. The Kier molecular flexibility index (Phi) is 3.71. The van der Waals surface area contributed by atoms with Crippen molar-refractivity contribution in [3.63, 3.8) is 0 Å². The Hall–Kier alpha value is -1.36. The molecule has 1 unspecified atom stereocenters. The zero-order valence-electron chi connectivity index (χ0n) is 10.3. The number of nitrogens with one attached hydrogen (secondary N) is 1. The summed E-state index contributed by atoms with van der Waals surface area (Å²) >= 11 is 1.85. The minimum absolute atomic E-state index is 0.0518. The lowest BCUT2D eigenvalue weighted by molar-refractivity contribution is 0.0944. The summed E-state index contributed by atoms with van der Waals surface area (Å²) in [6.45, 7) is 2.67. The quantitative estimate of drug-likeness (QED) is 0.784. The van der Waals surface area contributed by atoms with Gasteiger partial charge in [-0.15, -0.1) is 0 Å². The fraction of sp³-hybridized carbons (Fsp3) is 0.462. The third kappa shape index (κ3) is 2.72. The largest absolute Gasteiger partial charge is 0.507 e. The SMILES string of the molecule is CC1(CNC(=O)c2c(O)cccc2O)CCCS1. The van der Waals surface area contributed by atoms with E-state index in [1.54, 1.807) is 0 Å². The molecule has 0 aliphatic carbocycles. The smallest absolute Gasteiger partial charge is 0.258 e. The second-order valence-corrected chi connectivity index (χ2v) is 6.44. The van der Waals surface area contributed by atoms with Crippen LogP contribution < -0.4 is 5.32 Å². The van der Waals surface area contributed by atoms with E-state index in [4.69, 9.17) is 0 Å². The third-order valence-electron chi connectivity index (χ3n) is 3.17. The van der Waals surface area contributed by atoms with Gasteiger partial charge in [0.25, 0.3) is 5.91 Å². The van der Waals surface area contributed by atoms with Gasteiger partial charge >= 0.3 is 0 Å². The Labute approximate surface area is 110 Å². The van der Waals surface area contributed by atoms with Crippen molar-refractivity contribution >= 4 is 17.7 Å². The number of phenolic OH excluding ortho intramolecular Hbond substituents is 2. The summed E-state index contributed by atoms with van der Waals surface area (Å²) < 4.78 is 0.0652. The van der Waals surface area contributed by atoms with Crippen LogP contribution in [0, 0.1) is 0 Å². The molecule has 2 rings (SSSR count). The molecule has 1 amide bonds. The van der Waals surface area contributed by atoms with E-state index in [0.717, 1.165) is 12.2 Å². The lowest BCUT2D eigenvalue weighted by Gasteiger charge is -2.23. The Morgan fingerprint density at radius 2 is 2.11 bits per heavy atom. The van der Waals surface area contributed by atoms with Crippen LogP contribution in [-0.2, 0) is 0 Å². The zero-order chi connectivity index (χ0) is 13.2. The molecule has 4 nitrogen and oxygen atoms in total. The van der Waals surface area contributed by atoms with Gasteiger partial charge in [-0.2, -0.15) is 11.8 Å². The molecule has 1 aromatic rings. The van der Waals surface area contributed by atoms with Gasteiger partial charge in [0.05, 0.1) is 0 Å². The van der Waals surface area contributed by atoms with Gasteiger partial charge in [-0.3, -0.25) is 4.79 Å². The molecule has 3 N–H and O–H groups in total. The summed E-state index contributed by atoms with van der Waals surface area (Å²) in [4.78, 5) is 11.9. The van der Waals surface area contributed by atoms with Crippen molar-refractivity contribution in [2.45, 2.75) is 24.5 Å². The van der Waals surface area contributed by atoms with Gasteiger partial charge < -0.3 is 15.5 Å². The molecule has 1 heterocycles. The van der Waals surface area contributed by atoms with Crippen LogP contribution in [0.3, 0.4) is 0 Å². The second kappa shape index (κ2) is 5.10. The minimum atomic E-state index is -0.431. The highest BCUT2D eigenvalue weighted by Crippen LogP contribution is 2.37. The lowest BCUT2D eigenvalue weighted by Crippen LogP contribution is -2.36. The maximum atomic E-state index is 11.9. The first kappa shape index (κ1) is 13.1. The van der Waals surface area contributed by atoms with E-state index >= 15 is 0 Å². The summed E-state index contributed by atoms with van der Waals surface area (Å²) in [5, 5.41) is 22.0. The summed E-state index contributed by atoms with van der Waals surface area (Å²) in [6, 6.07) is 4.27. The normalized spacial score (nSPS) is 22.9. The summed E-state index contributed by atoms with van der Waals surface area (Å²) in [5.41, 5.74) is -0.0518. The van der Waals surface area contributed by atoms with Crippen LogP contribution in [0.5, 0.6) is 11.5 Å². The van der Waals surface area contributed by atoms with Gasteiger partial charge in [0, 0.05) is 11.3 Å². The van der Waals surface area contributed by atoms with Gasteiger partial charge in [0.2, 0.25) is 0 Å². The predicted molar refractivity (Wildman–Crippen MR) is 72.2 cm³/mol. The van der Waals surface area contributed by atoms with Crippen LogP contribution in [0.15, 0.2) is 18.2 Å². The number of rotatable bonds is 3. The predicted octanol–water partition coefficient (Wildman–Crippen LogP) is 2.11. The van der Waals surface area contributed by atoms with Gasteiger partial charge in [-0.1, -0.05) is 6.07 Å². The molecule has 18 heavy (non-hydrogen) atoms. The van der Waals surface area contributed by atoms with E-state index < -0.39 is 5.91 Å². The van der Waals surface area contributed by atoms with Gasteiger partial charge in [-0.05, 0) is 37.7 Å². The van der Waals surface area contributed by atoms with Crippen LogP contribution in [-0.4, -0.2) is 33.2 Å². The first-order valence-corrected chi connectivity index (χ1v) is 6.93. The fourth-order valence-electron chi connectivity index (χ4n) is 2.09. The van der Waals surface area contributed by atoms with Crippen molar-refractivity contribution in [2.24, 2.45) is 0 Å². The van der Waals surface area contributed by atoms with E-state index in [1.165, 1.54) is 24.6 Å².